The summed E-state index contributed by atoms with van der Waals surface area (Å²) in [6.07, 6.45) is 0.347. The fraction of sp³-hybridized carbons (Fsp3) is 0.333. The summed E-state index contributed by atoms with van der Waals surface area (Å²) in [5, 5.41) is 14.9. The molecule has 8 nitrogen and oxygen atoms in total. The molecule has 1 heterocycles. The summed E-state index contributed by atoms with van der Waals surface area (Å²) >= 11 is 0. The van der Waals surface area contributed by atoms with Gasteiger partial charge in [0.25, 0.3) is 0 Å². The van der Waals surface area contributed by atoms with Gasteiger partial charge >= 0.3 is 5.97 Å². The first-order valence-corrected chi connectivity index (χ1v) is 7.04. The maximum Gasteiger partial charge on any atom is 0.305 e. The fourth-order valence-corrected chi connectivity index (χ4v) is 1.83. The summed E-state index contributed by atoms with van der Waals surface area (Å²) in [6, 6.07) is 7.21. The van der Waals surface area contributed by atoms with Gasteiger partial charge < -0.3 is 19.7 Å². The van der Waals surface area contributed by atoms with Crippen LogP contribution in [-0.4, -0.2) is 40.8 Å². The van der Waals surface area contributed by atoms with E-state index in [-0.39, 0.29) is 25.3 Å². The van der Waals surface area contributed by atoms with Crippen LogP contribution >= 0.6 is 0 Å². The van der Waals surface area contributed by atoms with Crippen LogP contribution in [0.15, 0.2) is 28.8 Å². The fourth-order valence-electron chi connectivity index (χ4n) is 1.83. The highest BCUT2D eigenvalue weighted by atomic mass is 16.5. The predicted molar refractivity (Wildman–Crippen MR) is 79.9 cm³/mol. The van der Waals surface area contributed by atoms with Crippen LogP contribution in [-0.2, 0) is 16.0 Å². The zero-order valence-electron chi connectivity index (χ0n) is 12.6. The van der Waals surface area contributed by atoms with Crippen LogP contribution in [0.1, 0.15) is 18.7 Å². The van der Waals surface area contributed by atoms with E-state index in [9.17, 15) is 9.59 Å². The minimum atomic E-state index is -0.952. The molecule has 0 spiro atoms. The van der Waals surface area contributed by atoms with Crippen molar-refractivity contribution in [3.8, 4) is 17.1 Å². The average molecular weight is 319 g/mol. The smallest absolute Gasteiger partial charge is 0.305 e. The molecule has 0 aliphatic rings. The molecule has 0 saturated carbocycles. The quantitative estimate of drug-likeness (QED) is 0.753. The first kappa shape index (κ1) is 16.5. The topological polar surface area (TPSA) is 115 Å². The number of ether oxygens (including phenoxy) is 1. The first-order chi connectivity index (χ1) is 11.1. The third-order valence-electron chi connectivity index (χ3n) is 3.04. The van der Waals surface area contributed by atoms with Crippen LogP contribution in [0.3, 0.4) is 0 Å². The molecule has 0 saturated heterocycles. The van der Waals surface area contributed by atoms with E-state index in [0.717, 1.165) is 11.3 Å². The van der Waals surface area contributed by atoms with Gasteiger partial charge in [0.1, 0.15) is 5.75 Å². The van der Waals surface area contributed by atoms with Gasteiger partial charge in [-0.2, -0.15) is 4.98 Å². The zero-order valence-corrected chi connectivity index (χ0v) is 12.6. The van der Waals surface area contributed by atoms with Gasteiger partial charge in [-0.1, -0.05) is 5.16 Å². The second kappa shape index (κ2) is 7.92. The SMILES string of the molecule is COc1ccc(-c2noc(CCC(=O)NCCC(=O)O)n2)cc1. The summed E-state index contributed by atoms with van der Waals surface area (Å²) in [4.78, 5) is 26.1. The van der Waals surface area contributed by atoms with Crippen molar-refractivity contribution in [3.05, 3.63) is 30.2 Å². The number of aliphatic carboxylic acids is 1. The van der Waals surface area contributed by atoms with Crippen molar-refractivity contribution in [2.75, 3.05) is 13.7 Å². The Kier molecular flexibility index (Phi) is 5.67. The number of carboxylic acids is 1. The monoisotopic (exact) mass is 319 g/mol. The van der Waals surface area contributed by atoms with Crippen molar-refractivity contribution < 1.29 is 24.0 Å². The lowest BCUT2D eigenvalue weighted by molar-refractivity contribution is -0.136. The van der Waals surface area contributed by atoms with Gasteiger partial charge in [0.05, 0.1) is 13.5 Å². The van der Waals surface area contributed by atoms with Crippen molar-refractivity contribution in [1.29, 1.82) is 0 Å². The Balaban J connectivity index is 1.84. The van der Waals surface area contributed by atoms with E-state index < -0.39 is 5.97 Å². The molecule has 23 heavy (non-hydrogen) atoms. The van der Waals surface area contributed by atoms with E-state index in [0.29, 0.717) is 18.1 Å². The van der Waals surface area contributed by atoms with Crippen LogP contribution in [0, 0.1) is 0 Å². The van der Waals surface area contributed by atoms with Gasteiger partial charge in [0.15, 0.2) is 0 Å². The second-order valence-corrected chi connectivity index (χ2v) is 4.73. The summed E-state index contributed by atoms with van der Waals surface area (Å²) < 4.78 is 10.2. The molecule has 0 radical (unpaired) electrons. The number of methoxy groups -OCH3 is 1. The van der Waals surface area contributed by atoms with E-state index in [1.165, 1.54) is 0 Å². The highest BCUT2D eigenvalue weighted by Gasteiger charge is 2.11. The zero-order chi connectivity index (χ0) is 16.7. The van der Waals surface area contributed by atoms with Crippen LogP contribution in [0.4, 0.5) is 0 Å². The van der Waals surface area contributed by atoms with Crippen LogP contribution in [0.2, 0.25) is 0 Å². The molecule has 0 aliphatic heterocycles. The Bertz CT molecular complexity index is 666. The number of nitrogens with zero attached hydrogens (tertiary/aromatic N) is 2. The maximum absolute atomic E-state index is 11.5. The minimum Gasteiger partial charge on any atom is -0.497 e. The number of rotatable bonds is 8. The second-order valence-electron chi connectivity index (χ2n) is 4.73. The number of benzene rings is 1. The lowest BCUT2D eigenvalue weighted by Crippen LogP contribution is -2.26. The summed E-state index contributed by atoms with van der Waals surface area (Å²) in [5.74, 6) is 0.315. The molecule has 2 aromatic rings. The number of carbonyl (C=O) groups excluding carboxylic acids is 1. The Hall–Kier alpha value is -2.90. The van der Waals surface area contributed by atoms with Gasteiger partial charge in [-0.3, -0.25) is 9.59 Å². The summed E-state index contributed by atoms with van der Waals surface area (Å²) in [6.45, 7) is 0.106. The lowest BCUT2D eigenvalue weighted by atomic mass is 10.2. The normalized spacial score (nSPS) is 10.3. The Morgan fingerprint density at radius 2 is 2.00 bits per heavy atom. The number of nitrogens with one attached hydrogen (secondary N) is 1. The highest BCUT2D eigenvalue weighted by molar-refractivity contribution is 5.76. The summed E-state index contributed by atoms with van der Waals surface area (Å²) in [5.41, 5.74) is 0.784. The number of carboxylic acid groups (broad SMARTS) is 1. The number of hydrogen-bond donors (Lipinski definition) is 2. The standard InChI is InChI=1S/C15H17N3O5/c1-22-11-4-2-10(3-5-11)15-17-13(23-18-15)7-6-12(19)16-9-8-14(20)21/h2-5H,6-9H2,1H3,(H,16,19)(H,20,21). The third-order valence-corrected chi connectivity index (χ3v) is 3.04. The van der Waals surface area contributed by atoms with E-state index in [1.54, 1.807) is 19.2 Å². The molecule has 0 aliphatic carbocycles. The number of amides is 1. The number of aryl methyl sites for hydroxylation is 1. The van der Waals surface area contributed by atoms with Crippen molar-refractivity contribution in [2.45, 2.75) is 19.3 Å². The van der Waals surface area contributed by atoms with Crippen molar-refractivity contribution in [3.63, 3.8) is 0 Å². The van der Waals surface area contributed by atoms with Gasteiger partial charge in [-0.05, 0) is 24.3 Å². The largest absolute Gasteiger partial charge is 0.497 e. The number of carbonyl (C=O) groups is 2. The van der Waals surface area contributed by atoms with E-state index in [2.05, 4.69) is 15.5 Å². The van der Waals surface area contributed by atoms with Crippen molar-refractivity contribution in [2.24, 2.45) is 0 Å². The average Bonchev–Trinajstić information content (AvgIpc) is 3.01. The van der Waals surface area contributed by atoms with Gasteiger partial charge in [0, 0.05) is 24.9 Å². The molecule has 2 rings (SSSR count). The Morgan fingerprint density at radius 3 is 2.65 bits per heavy atom. The molecule has 0 bridgehead atoms. The molecule has 1 aromatic heterocycles. The Morgan fingerprint density at radius 1 is 1.26 bits per heavy atom. The minimum absolute atomic E-state index is 0.103. The van der Waals surface area contributed by atoms with Gasteiger partial charge in [-0.15, -0.1) is 0 Å². The molecule has 2 N–H and O–H groups in total. The van der Waals surface area contributed by atoms with E-state index >= 15 is 0 Å². The molecule has 0 unspecified atom stereocenters. The predicted octanol–water partition coefficient (Wildman–Crippen LogP) is 1.27. The van der Waals surface area contributed by atoms with E-state index in [1.807, 2.05) is 12.1 Å². The molecular weight excluding hydrogens is 302 g/mol. The highest BCUT2D eigenvalue weighted by Crippen LogP contribution is 2.19. The molecule has 8 heteroatoms. The van der Waals surface area contributed by atoms with Crippen LogP contribution in [0.25, 0.3) is 11.4 Å². The van der Waals surface area contributed by atoms with Crippen LogP contribution < -0.4 is 10.1 Å². The molecule has 1 aromatic carbocycles. The van der Waals surface area contributed by atoms with E-state index in [4.69, 9.17) is 14.4 Å². The van der Waals surface area contributed by atoms with Gasteiger partial charge in [-0.25, -0.2) is 0 Å². The van der Waals surface area contributed by atoms with Gasteiger partial charge in [0.2, 0.25) is 17.6 Å². The number of hydrogen-bond acceptors (Lipinski definition) is 6. The van der Waals surface area contributed by atoms with Crippen molar-refractivity contribution >= 4 is 11.9 Å². The molecule has 122 valence electrons. The van der Waals surface area contributed by atoms with Crippen molar-refractivity contribution in [1.82, 2.24) is 15.5 Å². The Labute approximate surface area is 132 Å². The third kappa shape index (κ3) is 5.10. The van der Waals surface area contributed by atoms with Crippen LogP contribution in [0.5, 0.6) is 5.75 Å². The number of aromatic nitrogens is 2. The molecule has 0 atom stereocenters. The first-order valence-electron chi connectivity index (χ1n) is 7.04. The molecular formula is C15H17N3O5. The molecule has 1 amide bonds. The molecule has 0 fully saturated rings. The lowest BCUT2D eigenvalue weighted by Gasteiger charge is -2.01. The summed E-state index contributed by atoms with van der Waals surface area (Å²) in [7, 11) is 1.59. The maximum atomic E-state index is 11.5.